The third-order valence-electron chi connectivity index (χ3n) is 0.349. The number of nitrogens with zero attached hydrogens (tertiary/aromatic N) is 1. The average Bonchev–Trinajstić information content (AvgIpc) is 1.97. The molecule has 0 amide bonds. The van der Waals surface area contributed by atoms with Crippen molar-refractivity contribution in [3.05, 3.63) is 30.5 Å². The molecule has 1 nitrogen and oxygen atoms in total. The number of hydrogen-bond donors (Lipinski definition) is 0. The summed E-state index contributed by atoms with van der Waals surface area (Å²) in [5.74, 6) is 0. The minimum absolute atomic E-state index is 0.397. The number of aromatic nitrogens is 1. The molecule has 0 saturated heterocycles. The van der Waals surface area contributed by atoms with E-state index < -0.39 is 30.5 Å². The molecule has 0 radical (unpaired) electrons. The summed E-state index contributed by atoms with van der Waals surface area (Å²) in [6.07, 6.45) is -0.841. The van der Waals surface area contributed by atoms with E-state index in [9.17, 15) is 0 Å². The Morgan fingerprint density at radius 3 is 2.50 bits per heavy atom. The quantitative estimate of drug-likeness (QED) is 0.458. The fraction of sp³-hybridized carbons (Fsp3) is 0. The predicted molar refractivity (Wildman–Crippen MR) is 24.2 cm³/mol. The summed E-state index contributed by atoms with van der Waals surface area (Å²) >= 11 is 0. The van der Waals surface area contributed by atoms with Crippen LogP contribution >= 0.6 is 0 Å². The Bertz CT molecular complexity index is 271. The topological polar surface area (TPSA) is 12.9 Å². The van der Waals surface area contributed by atoms with Gasteiger partial charge in [-0.15, -0.1) is 0 Å². The van der Waals surface area contributed by atoms with Gasteiger partial charge in [0.15, 0.2) is 0 Å². The first-order chi connectivity index (χ1) is 5.04. The second kappa shape index (κ2) is 1.55. The maximum absolute atomic E-state index is 7.07. The van der Waals surface area contributed by atoms with Crippen LogP contribution in [0, 0.1) is 0 Å². The molecule has 0 fully saturated rings. The summed E-state index contributed by atoms with van der Waals surface area (Å²) in [6, 6.07) is -1.20. The monoisotopic (exact) mass is 84.1 g/mol. The molecule has 6 heavy (non-hydrogen) atoms. The van der Waals surface area contributed by atoms with Crippen molar-refractivity contribution in [3.63, 3.8) is 0 Å². The van der Waals surface area contributed by atoms with E-state index in [0.29, 0.717) is 0 Å². The first-order valence-electron chi connectivity index (χ1n) is 3.95. The van der Waals surface area contributed by atoms with E-state index in [4.69, 9.17) is 6.85 Å². The molecule has 0 atom stereocenters. The van der Waals surface area contributed by atoms with Crippen LogP contribution < -0.4 is 0 Å². The largest absolute Gasteiger partial charge is 0.265 e. The van der Waals surface area contributed by atoms with Gasteiger partial charge < -0.3 is 0 Å². The lowest BCUT2D eigenvalue weighted by atomic mass is 10.5. The molecule has 0 aliphatic heterocycles. The molecule has 30 valence electrons. The molecule has 1 heteroatoms. The smallest absolute Gasteiger partial charge is 0.0840 e. The maximum atomic E-state index is 7.07. The summed E-state index contributed by atoms with van der Waals surface area (Å²) in [5, 5.41) is 0. The van der Waals surface area contributed by atoms with Gasteiger partial charge in [-0.2, -0.15) is 0 Å². The van der Waals surface area contributed by atoms with Crippen LogP contribution in [0.25, 0.3) is 0 Å². The predicted octanol–water partition coefficient (Wildman–Crippen LogP) is 1.08. The van der Waals surface area contributed by atoms with Crippen LogP contribution in [-0.2, 0) is 0 Å². The normalized spacial score (nSPS) is 19.7. The lowest BCUT2D eigenvalue weighted by molar-refractivity contribution is 1.33. The Hall–Kier alpha value is -0.850. The van der Waals surface area contributed by atoms with Gasteiger partial charge in [0, 0.05) is 12.3 Å². The molecule has 1 aromatic heterocycles. The highest BCUT2D eigenvalue weighted by Crippen LogP contribution is 1.73. The molecule has 0 aliphatic rings. The molecule has 0 N–H and O–H groups in total. The van der Waals surface area contributed by atoms with Crippen LogP contribution in [0.5, 0.6) is 0 Å². The zero-order valence-corrected chi connectivity index (χ0v) is 2.95. The Kier molecular flexibility index (Phi) is 0.223. The van der Waals surface area contributed by atoms with Crippen molar-refractivity contribution >= 4 is 0 Å². The van der Waals surface area contributed by atoms with E-state index in [1.165, 1.54) is 0 Å². The van der Waals surface area contributed by atoms with Crippen LogP contribution in [0.3, 0.4) is 0 Å². The van der Waals surface area contributed by atoms with Gasteiger partial charge in [-0.3, -0.25) is 4.98 Å². The highest BCUT2D eigenvalue weighted by Gasteiger charge is 1.58. The van der Waals surface area contributed by atoms with Gasteiger partial charge in [-0.1, -0.05) is 6.04 Å². The van der Waals surface area contributed by atoms with Gasteiger partial charge in [0.25, 0.3) is 0 Å². The van der Waals surface area contributed by atoms with Crippen LogP contribution in [0.15, 0.2) is 30.5 Å². The first-order valence-corrected chi connectivity index (χ1v) is 1.45. The lowest BCUT2D eigenvalue weighted by Gasteiger charge is -1.70. The summed E-state index contributed by atoms with van der Waals surface area (Å²) < 4.78 is 35.1. The van der Waals surface area contributed by atoms with Gasteiger partial charge in [0.2, 0.25) is 0 Å². The summed E-state index contributed by atoms with van der Waals surface area (Å²) in [5.41, 5.74) is 0. The van der Waals surface area contributed by atoms with E-state index in [1.54, 1.807) is 0 Å². The van der Waals surface area contributed by atoms with Gasteiger partial charge >= 0.3 is 0 Å². The molecule has 0 unspecified atom stereocenters. The van der Waals surface area contributed by atoms with Gasteiger partial charge in [0.05, 0.1) is 6.85 Å². The first kappa shape index (κ1) is 0.861. The minimum Gasteiger partial charge on any atom is -0.265 e. The summed E-state index contributed by atoms with van der Waals surface area (Å²) in [4.78, 5) is 3.27. The van der Waals surface area contributed by atoms with Crippen molar-refractivity contribution in [3.8, 4) is 0 Å². The number of hydrogen-bond acceptors (Lipinski definition) is 1. The van der Waals surface area contributed by atoms with Gasteiger partial charge in [-0.25, -0.2) is 0 Å². The third-order valence-corrected chi connectivity index (χ3v) is 0.349. The SMILES string of the molecule is [2H]c1nc([2H])c([2H])c([2H])c1[2H]. The zero-order chi connectivity index (χ0) is 8.59. The minimum atomic E-state index is -0.420. The third kappa shape index (κ3) is 0.549. The molecule has 0 bridgehead atoms. The number of pyridine rings is 1. The highest BCUT2D eigenvalue weighted by atomic mass is 14.6. The average molecular weight is 84.1 g/mol. The highest BCUT2D eigenvalue weighted by molar-refractivity contribution is 4.88. The van der Waals surface area contributed by atoms with Crippen molar-refractivity contribution < 1.29 is 6.85 Å². The van der Waals surface area contributed by atoms with E-state index in [-0.39, 0.29) is 0 Å². The molecule has 1 rings (SSSR count). The second-order valence-corrected chi connectivity index (χ2v) is 0.710. The van der Waals surface area contributed by atoms with Crippen LogP contribution in [0.2, 0.25) is 0 Å². The van der Waals surface area contributed by atoms with E-state index >= 15 is 0 Å². The molecular weight excluding hydrogens is 74.1 g/mol. The molecule has 1 aromatic rings. The van der Waals surface area contributed by atoms with Crippen molar-refractivity contribution in [1.82, 2.24) is 4.98 Å². The molecule has 0 aliphatic carbocycles. The molecule has 0 aromatic carbocycles. The standard InChI is InChI=1S/C5H5N/c1-2-4-6-5-3-1/h1-5H/i1D,2D,3D,4D,5D. The van der Waals surface area contributed by atoms with Crippen molar-refractivity contribution in [2.24, 2.45) is 0 Å². The van der Waals surface area contributed by atoms with E-state index in [0.717, 1.165) is 0 Å². The number of rotatable bonds is 0. The van der Waals surface area contributed by atoms with Crippen LogP contribution in [-0.4, -0.2) is 4.98 Å². The molecule has 0 saturated carbocycles. The van der Waals surface area contributed by atoms with Crippen molar-refractivity contribution in [2.45, 2.75) is 0 Å². The fourth-order valence-corrected chi connectivity index (χ4v) is 0.171. The molecule has 0 spiro atoms. The Balaban J connectivity index is 3.46. The van der Waals surface area contributed by atoms with Crippen molar-refractivity contribution in [1.29, 1.82) is 0 Å². The summed E-state index contributed by atoms with van der Waals surface area (Å²) in [7, 11) is 0. The van der Waals surface area contributed by atoms with Crippen LogP contribution in [0.1, 0.15) is 6.85 Å². The molecular formula is C5H5N. The van der Waals surface area contributed by atoms with E-state index in [1.807, 2.05) is 0 Å². The molecule has 1 heterocycles. The zero-order valence-electron chi connectivity index (χ0n) is 7.95. The Morgan fingerprint density at radius 1 is 1.17 bits per heavy atom. The second-order valence-electron chi connectivity index (χ2n) is 0.710. The summed E-state index contributed by atoms with van der Waals surface area (Å²) in [6.45, 7) is 0. The van der Waals surface area contributed by atoms with Gasteiger partial charge in [-0.05, 0) is 12.1 Å². The Labute approximate surface area is 43.7 Å². The van der Waals surface area contributed by atoms with Gasteiger partial charge in [0.1, 0.15) is 0 Å². The van der Waals surface area contributed by atoms with Crippen molar-refractivity contribution in [2.75, 3.05) is 0 Å². The van der Waals surface area contributed by atoms with Crippen LogP contribution in [0.4, 0.5) is 0 Å². The Morgan fingerprint density at radius 2 is 1.83 bits per heavy atom. The maximum Gasteiger partial charge on any atom is 0.0840 e. The van der Waals surface area contributed by atoms with E-state index in [2.05, 4.69) is 4.98 Å². The lowest BCUT2D eigenvalue weighted by Crippen LogP contribution is -1.58. The fourth-order valence-electron chi connectivity index (χ4n) is 0.171.